The van der Waals surface area contributed by atoms with Crippen LogP contribution in [0.5, 0.6) is 5.88 Å². The summed E-state index contributed by atoms with van der Waals surface area (Å²) in [4.78, 5) is 14.9. The van der Waals surface area contributed by atoms with Crippen LogP contribution in [0.2, 0.25) is 0 Å². The van der Waals surface area contributed by atoms with Gasteiger partial charge in [-0.15, -0.1) is 13.2 Å². The van der Waals surface area contributed by atoms with Gasteiger partial charge in [0, 0.05) is 11.4 Å². The maximum atomic E-state index is 13.0. The molecule has 0 aliphatic rings. The first-order valence-electron chi connectivity index (χ1n) is 5.59. The van der Waals surface area contributed by atoms with Gasteiger partial charge in [0.15, 0.2) is 0 Å². The molecule has 0 saturated heterocycles. The number of hydrogen-bond acceptors (Lipinski definition) is 4. The minimum Gasteiger partial charge on any atom is -0.462 e. The predicted molar refractivity (Wildman–Crippen MR) is 64.5 cm³/mol. The molecular formula is C11H8BrF6NO3. The van der Waals surface area contributed by atoms with E-state index >= 15 is 0 Å². The zero-order chi connectivity index (χ0) is 17.1. The number of aromatic nitrogens is 1. The molecule has 0 spiro atoms. The Morgan fingerprint density at radius 2 is 1.86 bits per heavy atom. The molecule has 0 aliphatic carbocycles. The maximum absolute atomic E-state index is 13.0. The maximum Gasteiger partial charge on any atom is 0.574 e. The molecule has 124 valence electrons. The first-order valence-corrected chi connectivity index (χ1v) is 6.71. The van der Waals surface area contributed by atoms with Crippen molar-refractivity contribution in [2.45, 2.75) is 24.8 Å². The molecule has 1 rings (SSSR count). The average Bonchev–Trinajstić information content (AvgIpc) is 2.34. The fourth-order valence-corrected chi connectivity index (χ4v) is 1.90. The summed E-state index contributed by atoms with van der Waals surface area (Å²) in [5.41, 5.74) is -3.15. The van der Waals surface area contributed by atoms with Crippen LogP contribution in [0.3, 0.4) is 0 Å². The lowest BCUT2D eigenvalue weighted by atomic mass is 10.1. The van der Waals surface area contributed by atoms with Crippen LogP contribution in [0.4, 0.5) is 26.3 Å². The predicted octanol–water partition coefficient (Wildman–Crippen LogP) is 4.07. The summed E-state index contributed by atoms with van der Waals surface area (Å²) in [6.07, 6.45) is -10.3. The molecule has 0 radical (unpaired) electrons. The number of esters is 1. The largest absolute Gasteiger partial charge is 0.574 e. The number of carbonyl (C=O) groups is 1. The van der Waals surface area contributed by atoms with E-state index in [9.17, 15) is 31.1 Å². The van der Waals surface area contributed by atoms with Crippen LogP contribution >= 0.6 is 15.9 Å². The van der Waals surface area contributed by atoms with E-state index in [1.165, 1.54) is 6.92 Å². The molecule has 0 atom stereocenters. The van der Waals surface area contributed by atoms with E-state index in [1.807, 2.05) is 0 Å². The Morgan fingerprint density at radius 1 is 1.27 bits per heavy atom. The van der Waals surface area contributed by atoms with Gasteiger partial charge in [-0.05, 0) is 6.92 Å². The fraction of sp³-hybridized carbons (Fsp3) is 0.455. The summed E-state index contributed by atoms with van der Waals surface area (Å²) in [6.45, 7) is 1.16. The minimum atomic E-state index is -5.22. The van der Waals surface area contributed by atoms with Crippen molar-refractivity contribution in [3.63, 3.8) is 0 Å². The molecule has 0 aromatic carbocycles. The van der Waals surface area contributed by atoms with Crippen LogP contribution in [0.1, 0.15) is 28.5 Å². The van der Waals surface area contributed by atoms with Gasteiger partial charge in [0.05, 0.1) is 23.4 Å². The Bertz CT molecular complexity index is 558. The second kappa shape index (κ2) is 6.71. The Kier molecular flexibility index (Phi) is 5.65. The van der Waals surface area contributed by atoms with Crippen molar-refractivity contribution in [1.82, 2.24) is 4.98 Å². The van der Waals surface area contributed by atoms with Crippen molar-refractivity contribution in [2.24, 2.45) is 0 Å². The van der Waals surface area contributed by atoms with E-state index in [-0.39, 0.29) is 12.7 Å². The smallest absolute Gasteiger partial charge is 0.462 e. The quantitative estimate of drug-likeness (QED) is 0.438. The Balaban J connectivity index is 3.51. The molecule has 1 heterocycles. The Morgan fingerprint density at radius 3 is 2.27 bits per heavy atom. The number of halogens is 7. The lowest BCUT2D eigenvalue weighted by molar-refractivity contribution is -0.276. The third-order valence-corrected chi connectivity index (χ3v) is 2.73. The number of alkyl halides is 7. The summed E-state index contributed by atoms with van der Waals surface area (Å²) in [7, 11) is 0. The highest BCUT2D eigenvalue weighted by molar-refractivity contribution is 9.08. The molecule has 0 aliphatic heterocycles. The monoisotopic (exact) mass is 395 g/mol. The molecule has 0 N–H and O–H groups in total. The fourth-order valence-electron chi connectivity index (χ4n) is 1.49. The van der Waals surface area contributed by atoms with Crippen LogP contribution < -0.4 is 4.74 Å². The number of pyridine rings is 1. The SMILES string of the molecule is CCOC(=O)c1c(C(F)(F)F)cc(OC(F)(F)F)nc1CBr. The number of hydrogen-bond donors (Lipinski definition) is 0. The number of carbonyl (C=O) groups excluding carboxylic acids is 1. The van der Waals surface area contributed by atoms with Crippen molar-refractivity contribution in [1.29, 1.82) is 0 Å². The zero-order valence-electron chi connectivity index (χ0n) is 10.8. The highest BCUT2D eigenvalue weighted by Gasteiger charge is 2.40. The van der Waals surface area contributed by atoms with Gasteiger partial charge in [-0.1, -0.05) is 15.9 Å². The van der Waals surface area contributed by atoms with E-state index in [0.717, 1.165) is 0 Å². The van der Waals surface area contributed by atoms with Crippen LogP contribution in [0.25, 0.3) is 0 Å². The molecule has 0 fully saturated rings. The summed E-state index contributed by atoms with van der Waals surface area (Å²) < 4.78 is 83.3. The number of nitrogens with zero attached hydrogens (tertiary/aromatic N) is 1. The molecule has 1 aromatic rings. The summed E-state index contributed by atoms with van der Waals surface area (Å²) in [6, 6.07) is 0.00586. The first-order chi connectivity index (χ1) is 9.99. The van der Waals surface area contributed by atoms with Gasteiger partial charge in [0.25, 0.3) is 0 Å². The van der Waals surface area contributed by atoms with E-state index in [0.29, 0.717) is 0 Å². The highest BCUT2D eigenvalue weighted by Crippen LogP contribution is 2.37. The summed E-state index contributed by atoms with van der Waals surface area (Å²) in [5.74, 6) is -2.65. The van der Waals surface area contributed by atoms with Gasteiger partial charge in [-0.3, -0.25) is 0 Å². The molecule has 0 saturated carbocycles. The van der Waals surface area contributed by atoms with Gasteiger partial charge in [-0.25, -0.2) is 9.78 Å². The van der Waals surface area contributed by atoms with E-state index < -0.39 is 46.5 Å². The number of rotatable bonds is 4. The number of ether oxygens (including phenoxy) is 2. The van der Waals surface area contributed by atoms with E-state index in [2.05, 4.69) is 30.4 Å². The Hall–Kier alpha value is -1.52. The van der Waals surface area contributed by atoms with Crippen molar-refractivity contribution < 1.29 is 40.6 Å². The normalized spacial score (nSPS) is 12.2. The van der Waals surface area contributed by atoms with Gasteiger partial charge >= 0.3 is 18.5 Å². The van der Waals surface area contributed by atoms with Crippen molar-refractivity contribution in [3.05, 3.63) is 22.9 Å². The van der Waals surface area contributed by atoms with Crippen LogP contribution in [0, 0.1) is 0 Å². The van der Waals surface area contributed by atoms with Crippen LogP contribution in [-0.4, -0.2) is 23.9 Å². The second-order valence-corrected chi connectivity index (χ2v) is 4.29. The first kappa shape index (κ1) is 18.5. The molecule has 0 amide bonds. The lowest BCUT2D eigenvalue weighted by Gasteiger charge is -2.17. The summed E-state index contributed by atoms with van der Waals surface area (Å²) in [5, 5.41) is -0.403. The molecular weight excluding hydrogens is 388 g/mol. The van der Waals surface area contributed by atoms with Crippen LogP contribution in [0.15, 0.2) is 6.07 Å². The third-order valence-electron chi connectivity index (χ3n) is 2.20. The van der Waals surface area contributed by atoms with Crippen LogP contribution in [-0.2, 0) is 16.2 Å². The van der Waals surface area contributed by atoms with Crippen molar-refractivity contribution >= 4 is 21.9 Å². The molecule has 11 heteroatoms. The zero-order valence-corrected chi connectivity index (χ0v) is 12.4. The van der Waals surface area contributed by atoms with Crippen molar-refractivity contribution in [2.75, 3.05) is 6.61 Å². The molecule has 0 bridgehead atoms. The third kappa shape index (κ3) is 4.75. The standard InChI is InChI=1S/C11H8BrF6NO3/c1-2-21-9(20)8-5(10(13,14)15)3-7(19-6(8)4-12)22-11(16,17)18/h3H,2,4H2,1H3. The molecule has 22 heavy (non-hydrogen) atoms. The van der Waals surface area contributed by atoms with E-state index in [1.54, 1.807) is 0 Å². The van der Waals surface area contributed by atoms with Gasteiger partial charge in [0.1, 0.15) is 0 Å². The average molecular weight is 396 g/mol. The summed E-state index contributed by atoms with van der Waals surface area (Å²) >= 11 is 2.77. The Labute approximate surface area is 128 Å². The molecule has 0 unspecified atom stereocenters. The van der Waals surface area contributed by atoms with E-state index in [4.69, 9.17) is 0 Å². The minimum absolute atomic E-state index is 0.00586. The highest BCUT2D eigenvalue weighted by atomic mass is 79.9. The topological polar surface area (TPSA) is 48.4 Å². The van der Waals surface area contributed by atoms with Gasteiger partial charge < -0.3 is 9.47 Å². The molecule has 4 nitrogen and oxygen atoms in total. The second-order valence-electron chi connectivity index (χ2n) is 3.73. The lowest BCUT2D eigenvalue weighted by Crippen LogP contribution is -2.22. The molecule has 1 aromatic heterocycles. The van der Waals surface area contributed by atoms with Crippen molar-refractivity contribution in [3.8, 4) is 5.88 Å². The van der Waals surface area contributed by atoms with Gasteiger partial charge in [-0.2, -0.15) is 13.2 Å². The van der Waals surface area contributed by atoms with Gasteiger partial charge in [0.2, 0.25) is 5.88 Å².